The van der Waals surface area contributed by atoms with Crippen LogP contribution in [0, 0.1) is 22.8 Å². The zero-order valence-corrected chi connectivity index (χ0v) is 18.4. The van der Waals surface area contributed by atoms with Gasteiger partial charge in [0, 0.05) is 29.5 Å². The number of aromatic nitrogens is 1. The van der Waals surface area contributed by atoms with Gasteiger partial charge in [0.05, 0.1) is 5.69 Å². The van der Waals surface area contributed by atoms with Gasteiger partial charge in [0.2, 0.25) is 5.82 Å². The highest BCUT2D eigenvalue weighted by molar-refractivity contribution is 5.97. The molecule has 3 N–H and O–H groups in total. The van der Waals surface area contributed by atoms with Crippen molar-refractivity contribution in [3.63, 3.8) is 0 Å². The SMILES string of the molecule is C[C@@H]1[C@H](c2ccc(F)c(F)c2OC(F)F)[C@H](C(=O)Nc2cc[n+]([O-])c(C(N)=O)c2)O[C@@]1(C)C(F)(F)F. The highest BCUT2D eigenvalue weighted by atomic mass is 19.4. The molecule has 1 aromatic heterocycles. The molecule has 0 radical (unpaired) electrons. The van der Waals surface area contributed by atoms with E-state index in [-0.39, 0.29) is 10.4 Å². The van der Waals surface area contributed by atoms with Crippen molar-refractivity contribution < 1.29 is 54.5 Å². The van der Waals surface area contributed by atoms with E-state index in [0.29, 0.717) is 13.0 Å². The Hall–Kier alpha value is -3.62. The second-order valence-electron chi connectivity index (χ2n) is 8.10. The lowest BCUT2D eigenvalue weighted by Crippen LogP contribution is -2.47. The van der Waals surface area contributed by atoms with Gasteiger partial charge in [-0.2, -0.15) is 31.1 Å². The molecule has 8 nitrogen and oxygen atoms in total. The predicted octanol–water partition coefficient (Wildman–Crippen LogP) is 3.38. The molecule has 2 heterocycles. The van der Waals surface area contributed by atoms with Crippen molar-refractivity contribution in [3.05, 3.63) is 58.6 Å². The van der Waals surface area contributed by atoms with E-state index in [1.807, 2.05) is 0 Å². The van der Waals surface area contributed by atoms with Crippen LogP contribution in [0.1, 0.15) is 35.8 Å². The standard InChI is InChI=1S/C21H18F7N3O5/c1-8-13(10-3-4-11(22)14(23)15(10)35-19(24)25)16(36-20(8,2)21(26,27)28)18(33)30-9-5-6-31(34)12(7-9)17(29)32/h3-8,13,16,19H,1-2H3,(H2,29,32)(H,30,33)/t8-,13-,16-,20-/m1/s1. The van der Waals surface area contributed by atoms with E-state index in [1.54, 1.807) is 0 Å². The van der Waals surface area contributed by atoms with Crippen molar-refractivity contribution >= 4 is 17.5 Å². The normalized spacial score (nSPS) is 24.1. The Labute approximate surface area is 198 Å². The Morgan fingerprint density at radius 2 is 1.89 bits per heavy atom. The molecule has 0 bridgehead atoms. The van der Waals surface area contributed by atoms with Gasteiger partial charge in [0.1, 0.15) is 6.10 Å². The Kier molecular flexibility index (Phi) is 7.08. The number of anilines is 1. The molecule has 2 amide bonds. The molecule has 196 valence electrons. The van der Waals surface area contributed by atoms with Gasteiger partial charge < -0.3 is 25.7 Å². The average Bonchev–Trinajstić information content (AvgIpc) is 3.04. The molecular weight excluding hydrogens is 507 g/mol. The van der Waals surface area contributed by atoms with Gasteiger partial charge in [-0.05, 0) is 13.0 Å². The van der Waals surface area contributed by atoms with E-state index >= 15 is 0 Å². The number of benzene rings is 1. The van der Waals surface area contributed by atoms with Crippen molar-refractivity contribution in [2.45, 2.75) is 44.3 Å². The number of nitrogens with zero attached hydrogens (tertiary/aromatic N) is 1. The smallest absolute Gasteiger partial charge is 0.417 e. The number of halogens is 7. The van der Waals surface area contributed by atoms with Crippen molar-refractivity contribution in [3.8, 4) is 5.75 Å². The van der Waals surface area contributed by atoms with Crippen molar-refractivity contribution in [1.82, 2.24) is 0 Å². The summed E-state index contributed by atoms with van der Waals surface area (Å²) in [7, 11) is 0. The molecule has 1 aliphatic heterocycles. The number of ether oxygens (including phenoxy) is 2. The molecule has 4 atom stereocenters. The number of amides is 2. The second kappa shape index (κ2) is 9.44. The average molecular weight is 525 g/mol. The molecule has 1 fully saturated rings. The fourth-order valence-corrected chi connectivity index (χ4v) is 4.00. The molecule has 36 heavy (non-hydrogen) atoms. The first kappa shape index (κ1) is 27.0. The summed E-state index contributed by atoms with van der Waals surface area (Å²) in [4.78, 5) is 24.4. The maximum Gasteiger partial charge on any atom is 0.417 e. The monoisotopic (exact) mass is 525 g/mol. The van der Waals surface area contributed by atoms with E-state index in [0.717, 1.165) is 31.3 Å². The van der Waals surface area contributed by atoms with Crippen LogP contribution in [-0.4, -0.2) is 36.3 Å². The topological polar surface area (TPSA) is 118 Å². The molecule has 0 unspecified atom stereocenters. The molecule has 0 saturated carbocycles. The Morgan fingerprint density at radius 1 is 1.25 bits per heavy atom. The molecule has 1 aliphatic rings. The van der Waals surface area contributed by atoms with Crippen LogP contribution in [0.15, 0.2) is 30.5 Å². The van der Waals surface area contributed by atoms with Crippen LogP contribution in [0.25, 0.3) is 0 Å². The Morgan fingerprint density at radius 3 is 2.44 bits per heavy atom. The minimum Gasteiger partial charge on any atom is -0.618 e. The second-order valence-corrected chi connectivity index (χ2v) is 8.10. The summed E-state index contributed by atoms with van der Waals surface area (Å²) in [6.45, 7) is -2.07. The summed E-state index contributed by atoms with van der Waals surface area (Å²) < 4.78 is 105. The van der Waals surface area contributed by atoms with Gasteiger partial charge in [-0.25, -0.2) is 4.39 Å². The Bertz CT molecular complexity index is 1190. The number of rotatable bonds is 6. The number of hydrogen-bond acceptors (Lipinski definition) is 5. The van der Waals surface area contributed by atoms with E-state index in [1.165, 1.54) is 0 Å². The summed E-state index contributed by atoms with van der Waals surface area (Å²) in [5, 5.41) is 13.8. The van der Waals surface area contributed by atoms with Crippen molar-refractivity contribution in [1.29, 1.82) is 0 Å². The zero-order valence-electron chi connectivity index (χ0n) is 18.4. The van der Waals surface area contributed by atoms with Gasteiger partial charge in [-0.3, -0.25) is 9.59 Å². The number of nitrogens with one attached hydrogen (secondary N) is 1. The first-order valence-corrected chi connectivity index (χ1v) is 10.1. The van der Waals surface area contributed by atoms with Crippen LogP contribution in [0.3, 0.4) is 0 Å². The molecule has 3 rings (SSSR count). The largest absolute Gasteiger partial charge is 0.618 e. The maximum absolute atomic E-state index is 14.4. The first-order chi connectivity index (χ1) is 16.6. The first-order valence-electron chi connectivity index (χ1n) is 10.1. The summed E-state index contributed by atoms with van der Waals surface area (Å²) in [6.07, 6.45) is -6.38. The lowest BCUT2D eigenvalue weighted by Gasteiger charge is -2.32. The lowest BCUT2D eigenvalue weighted by molar-refractivity contribution is -0.607. The van der Waals surface area contributed by atoms with Gasteiger partial charge in [-0.15, -0.1) is 0 Å². The van der Waals surface area contributed by atoms with Gasteiger partial charge >= 0.3 is 18.7 Å². The third-order valence-electron chi connectivity index (χ3n) is 6.01. The van der Waals surface area contributed by atoms with Crippen LogP contribution in [0.5, 0.6) is 5.75 Å². The fraction of sp³-hybridized carbons (Fsp3) is 0.381. The highest BCUT2D eigenvalue weighted by Crippen LogP contribution is 2.55. The quantitative estimate of drug-likeness (QED) is 0.341. The number of hydrogen-bond donors (Lipinski definition) is 2. The van der Waals surface area contributed by atoms with Crippen LogP contribution in [0.4, 0.5) is 36.4 Å². The minimum atomic E-state index is -5.08. The van der Waals surface area contributed by atoms with Crippen LogP contribution >= 0.6 is 0 Å². The number of primary amides is 1. The number of nitrogens with two attached hydrogens (primary N) is 1. The molecule has 0 aliphatic carbocycles. The van der Waals surface area contributed by atoms with Crippen LogP contribution in [0.2, 0.25) is 0 Å². The lowest BCUT2D eigenvalue weighted by atomic mass is 9.77. The molecule has 1 saturated heterocycles. The summed E-state index contributed by atoms with van der Waals surface area (Å²) in [5.41, 5.74) is 0.502. The van der Waals surface area contributed by atoms with Gasteiger partial charge in [-0.1, -0.05) is 13.0 Å². The summed E-state index contributed by atoms with van der Waals surface area (Å²) in [5.74, 6) is -10.8. The van der Waals surface area contributed by atoms with Crippen molar-refractivity contribution in [2.24, 2.45) is 11.7 Å². The van der Waals surface area contributed by atoms with E-state index < -0.39 is 76.8 Å². The zero-order chi connectivity index (χ0) is 27.2. The third-order valence-corrected chi connectivity index (χ3v) is 6.01. The van der Waals surface area contributed by atoms with Crippen molar-refractivity contribution in [2.75, 3.05) is 5.32 Å². The maximum atomic E-state index is 14.4. The Balaban J connectivity index is 2.11. The molecule has 2 aromatic rings. The third kappa shape index (κ3) is 4.74. The molecule has 15 heteroatoms. The highest BCUT2D eigenvalue weighted by Gasteiger charge is 2.66. The van der Waals surface area contributed by atoms with E-state index in [4.69, 9.17) is 10.5 Å². The van der Waals surface area contributed by atoms with E-state index in [2.05, 4.69) is 10.1 Å². The number of carbonyl (C=O) groups excluding carboxylic acids is 2. The van der Waals surface area contributed by atoms with Gasteiger partial charge in [0.25, 0.3) is 11.6 Å². The number of pyridine rings is 1. The predicted molar refractivity (Wildman–Crippen MR) is 107 cm³/mol. The fourth-order valence-electron chi connectivity index (χ4n) is 4.00. The minimum absolute atomic E-state index is 0.0743. The number of alkyl halides is 5. The van der Waals surface area contributed by atoms with Crippen LogP contribution < -0.4 is 20.5 Å². The summed E-state index contributed by atoms with van der Waals surface area (Å²) in [6, 6.07) is 3.04. The number of carbonyl (C=O) groups is 2. The molecular formula is C21H18F7N3O5. The van der Waals surface area contributed by atoms with E-state index in [9.17, 15) is 45.5 Å². The van der Waals surface area contributed by atoms with Gasteiger partial charge in [0.15, 0.2) is 23.4 Å². The summed E-state index contributed by atoms with van der Waals surface area (Å²) >= 11 is 0. The molecule has 0 spiro atoms. The molecule has 1 aromatic carbocycles. The van der Waals surface area contributed by atoms with Crippen LogP contribution in [-0.2, 0) is 9.53 Å².